The number of rotatable bonds is 6. The molecule has 1 aromatic rings. The summed E-state index contributed by atoms with van der Waals surface area (Å²) in [7, 11) is 1.03. The SMILES string of the molecule is COc1nc(OC(C(F)(F)F)C(F)(F)F)c(F)cc1CNC(=O)C1CCCN1. The van der Waals surface area contributed by atoms with Crippen LogP contribution >= 0.6 is 0 Å². The minimum absolute atomic E-state index is 0.0886. The first-order chi connectivity index (χ1) is 12.9. The average Bonchev–Trinajstić information content (AvgIpc) is 3.11. The summed E-state index contributed by atoms with van der Waals surface area (Å²) >= 11 is 0. The fraction of sp³-hybridized carbons (Fsp3) is 0.600. The van der Waals surface area contributed by atoms with Gasteiger partial charge in [0.2, 0.25) is 11.8 Å². The molecular weight excluding hydrogens is 403 g/mol. The highest BCUT2D eigenvalue weighted by Gasteiger charge is 2.59. The minimum atomic E-state index is -5.83. The molecule has 1 atom stereocenters. The number of ether oxygens (including phenoxy) is 2. The lowest BCUT2D eigenvalue weighted by atomic mass is 10.2. The molecule has 28 heavy (non-hydrogen) atoms. The Kier molecular flexibility index (Phi) is 6.57. The summed E-state index contributed by atoms with van der Waals surface area (Å²) in [5, 5.41) is 5.39. The number of hydrogen-bond acceptors (Lipinski definition) is 5. The summed E-state index contributed by atoms with van der Waals surface area (Å²) in [6, 6.07) is 0.151. The number of hydrogen-bond donors (Lipinski definition) is 2. The zero-order valence-electron chi connectivity index (χ0n) is 14.4. The lowest BCUT2D eigenvalue weighted by Crippen LogP contribution is -2.46. The number of pyridine rings is 1. The summed E-state index contributed by atoms with van der Waals surface area (Å²) in [6.45, 7) is 0.357. The Balaban J connectivity index is 2.19. The number of halogens is 7. The van der Waals surface area contributed by atoms with Crippen LogP contribution in [0.2, 0.25) is 0 Å². The van der Waals surface area contributed by atoms with Crippen molar-refractivity contribution in [2.75, 3.05) is 13.7 Å². The number of alkyl halides is 6. The van der Waals surface area contributed by atoms with Crippen LogP contribution in [0.4, 0.5) is 30.7 Å². The monoisotopic (exact) mass is 419 g/mol. The molecule has 158 valence electrons. The van der Waals surface area contributed by atoms with Gasteiger partial charge in [-0.2, -0.15) is 31.3 Å². The maximum Gasteiger partial charge on any atom is 0.434 e. The maximum atomic E-state index is 14.0. The maximum absolute atomic E-state index is 14.0. The van der Waals surface area contributed by atoms with Crippen molar-refractivity contribution < 1.29 is 45.0 Å². The van der Waals surface area contributed by atoms with Crippen LogP contribution in [0.5, 0.6) is 11.8 Å². The molecule has 1 saturated heterocycles. The van der Waals surface area contributed by atoms with Crippen molar-refractivity contribution in [3.8, 4) is 11.8 Å². The van der Waals surface area contributed by atoms with Crippen LogP contribution in [-0.4, -0.2) is 49.0 Å². The first-order valence-electron chi connectivity index (χ1n) is 7.98. The largest absolute Gasteiger partial charge is 0.481 e. The van der Waals surface area contributed by atoms with Crippen LogP contribution in [-0.2, 0) is 11.3 Å². The van der Waals surface area contributed by atoms with E-state index in [1.54, 1.807) is 0 Å². The van der Waals surface area contributed by atoms with Gasteiger partial charge in [-0.15, -0.1) is 0 Å². The summed E-state index contributed by atoms with van der Waals surface area (Å²) in [5.74, 6) is -3.97. The van der Waals surface area contributed by atoms with Crippen molar-refractivity contribution in [3.63, 3.8) is 0 Å². The van der Waals surface area contributed by atoms with Gasteiger partial charge in [-0.3, -0.25) is 4.79 Å². The van der Waals surface area contributed by atoms with E-state index < -0.39 is 48.0 Å². The van der Waals surface area contributed by atoms with Gasteiger partial charge in [-0.25, -0.2) is 4.39 Å². The number of aromatic nitrogens is 1. The van der Waals surface area contributed by atoms with Gasteiger partial charge in [0, 0.05) is 12.1 Å². The number of nitrogens with one attached hydrogen (secondary N) is 2. The van der Waals surface area contributed by atoms with Crippen molar-refractivity contribution in [3.05, 3.63) is 17.4 Å². The van der Waals surface area contributed by atoms with Crippen molar-refractivity contribution in [1.29, 1.82) is 0 Å². The number of amides is 1. The number of nitrogens with zero attached hydrogens (tertiary/aromatic N) is 1. The van der Waals surface area contributed by atoms with E-state index >= 15 is 0 Å². The average molecular weight is 419 g/mol. The number of carbonyl (C=O) groups is 1. The zero-order valence-corrected chi connectivity index (χ0v) is 14.4. The minimum Gasteiger partial charge on any atom is -0.481 e. The summed E-state index contributed by atoms with van der Waals surface area (Å²) in [5.41, 5.74) is -0.0886. The standard InChI is InChI=1S/C15H16F7N3O3/c1-27-11-7(6-24-10(26)9-3-2-4-23-9)5-8(16)12(25-11)28-13(14(17,18)19)15(20,21)22/h5,9,13,23H,2-4,6H2,1H3,(H,24,26). The first kappa shape index (κ1) is 22.0. The molecule has 1 unspecified atom stereocenters. The van der Waals surface area contributed by atoms with E-state index in [0.29, 0.717) is 19.0 Å². The lowest BCUT2D eigenvalue weighted by Gasteiger charge is -2.23. The van der Waals surface area contributed by atoms with Gasteiger partial charge in [-0.1, -0.05) is 0 Å². The highest BCUT2D eigenvalue weighted by Crippen LogP contribution is 2.37. The molecule has 1 fully saturated rings. The van der Waals surface area contributed by atoms with E-state index in [0.717, 1.165) is 13.5 Å². The molecule has 0 aliphatic carbocycles. The Bertz CT molecular complexity index is 689. The Labute approximate surface area is 154 Å². The molecule has 0 aromatic carbocycles. The molecule has 1 aliphatic rings. The molecule has 13 heteroatoms. The molecule has 1 aliphatic heterocycles. The molecule has 6 nitrogen and oxygen atoms in total. The summed E-state index contributed by atoms with van der Waals surface area (Å²) in [6.07, 6.45) is -14.5. The van der Waals surface area contributed by atoms with E-state index in [2.05, 4.69) is 20.4 Å². The van der Waals surface area contributed by atoms with Crippen LogP contribution in [0.15, 0.2) is 6.07 Å². The second-order valence-corrected chi connectivity index (χ2v) is 5.89. The molecule has 2 N–H and O–H groups in total. The second-order valence-electron chi connectivity index (χ2n) is 5.89. The third-order valence-electron chi connectivity index (χ3n) is 3.83. The normalized spacial score (nSPS) is 17.7. The Morgan fingerprint density at radius 1 is 1.29 bits per heavy atom. The fourth-order valence-corrected chi connectivity index (χ4v) is 2.52. The van der Waals surface area contributed by atoms with E-state index in [4.69, 9.17) is 4.74 Å². The van der Waals surface area contributed by atoms with Crippen LogP contribution in [0.1, 0.15) is 18.4 Å². The fourth-order valence-electron chi connectivity index (χ4n) is 2.52. The highest BCUT2D eigenvalue weighted by molar-refractivity contribution is 5.82. The molecule has 1 aromatic heterocycles. The van der Waals surface area contributed by atoms with Crippen LogP contribution < -0.4 is 20.1 Å². The van der Waals surface area contributed by atoms with Crippen molar-refractivity contribution in [1.82, 2.24) is 15.6 Å². The van der Waals surface area contributed by atoms with Gasteiger partial charge in [0.15, 0.2) is 5.82 Å². The van der Waals surface area contributed by atoms with Crippen molar-refractivity contribution >= 4 is 5.91 Å². The summed E-state index contributed by atoms with van der Waals surface area (Å²) < 4.78 is 98.0. The smallest absolute Gasteiger partial charge is 0.434 e. The van der Waals surface area contributed by atoms with E-state index in [-0.39, 0.29) is 12.1 Å². The quantitative estimate of drug-likeness (QED) is 0.694. The molecular formula is C15H16F7N3O3. The third kappa shape index (κ3) is 5.36. The topological polar surface area (TPSA) is 72.5 Å². The third-order valence-corrected chi connectivity index (χ3v) is 3.83. The van der Waals surface area contributed by atoms with Crippen LogP contribution in [0, 0.1) is 5.82 Å². The first-order valence-corrected chi connectivity index (χ1v) is 7.98. The predicted octanol–water partition coefficient (Wildman–Crippen LogP) is 2.47. The van der Waals surface area contributed by atoms with Gasteiger partial charge >= 0.3 is 12.4 Å². The lowest BCUT2D eigenvalue weighted by molar-refractivity contribution is -0.300. The predicted molar refractivity (Wildman–Crippen MR) is 80.1 cm³/mol. The van der Waals surface area contributed by atoms with Crippen LogP contribution in [0.25, 0.3) is 0 Å². The van der Waals surface area contributed by atoms with Gasteiger partial charge in [0.05, 0.1) is 13.2 Å². The van der Waals surface area contributed by atoms with Gasteiger partial charge in [0.25, 0.3) is 12.0 Å². The van der Waals surface area contributed by atoms with Crippen molar-refractivity contribution in [2.24, 2.45) is 0 Å². The zero-order chi connectivity index (χ0) is 21.1. The van der Waals surface area contributed by atoms with E-state index in [1.165, 1.54) is 0 Å². The molecule has 2 heterocycles. The molecule has 0 spiro atoms. The molecule has 0 radical (unpaired) electrons. The highest BCUT2D eigenvalue weighted by atomic mass is 19.4. The molecule has 2 rings (SSSR count). The van der Waals surface area contributed by atoms with E-state index in [1.807, 2.05) is 0 Å². The Morgan fingerprint density at radius 2 is 1.93 bits per heavy atom. The molecule has 0 bridgehead atoms. The number of methoxy groups -OCH3 is 1. The van der Waals surface area contributed by atoms with E-state index in [9.17, 15) is 35.5 Å². The van der Waals surface area contributed by atoms with Gasteiger partial charge < -0.3 is 20.1 Å². The molecule has 1 amide bonds. The summed E-state index contributed by atoms with van der Waals surface area (Å²) in [4.78, 5) is 15.2. The van der Waals surface area contributed by atoms with Crippen LogP contribution in [0.3, 0.4) is 0 Å². The molecule has 0 saturated carbocycles. The van der Waals surface area contributed by atoms with Gasteiger partial charge in [0.1, 0.15) is 0 Å². The Morgan fingerprint density at radius 3 is 2.43 bits per heavy atom. The Hall–Kier alpha value is -2.31. The van der Waals surface area contributed by atoms with Crippen molar-refractivity contribution in [2.45, 2.75) is 43.9 Å². The van der Waals surface area contributed by atoms with Gasteiger partial charge in [-0.05, 0) is 25.5 Å². The second kappa shape index (κ2) is 8.37. The number of carbonyl (C=O) groups excluding carboxylic acids is 1.